The summed E-state index contributed by atoms with van der Waals surface area (Å²) in [5.41, 5.74) is 0. The highest BCUT2D eigenvalue weighted by molar-refractivity contribution is 8.00. The Morgan fingerprint density at radius 2 is 1.94 bits per heavy atom. The van der Waals surface area contributed by atoms with Gasteiger partial charge in [-0.1, -0.05) is 6.42 Å². The van der Waals surface area contributed by atoms with E-state index in [1.165, 1.54) is 18.7 Å². The Labute approximate surface area is 100 Å². The van der Waals surface area contributed by atoms with Crippen LogP contribution in [0.4, 0.5) is 8.78 Å². The molecule has 16 heavy (non-hydrogen) atoms. The van der Waals surface area contributed by atoms with Crippen molar-refractivity contribution in [2.45, 2.75) is 57.8 Å². The predicted octanol–water partition coefficient (Wildman–Crippen LogP) is 3.84. The summed E-state index contributed by atoms with van der Waals surface area (Å²) in [6, 6.07) is 0. The molecule has 0 heterocycles. The van der Waals surface area contributed by atoms with Crippen molar-refractivity contribution >= 4 is 17.7 Å². The number of alkyl halides is 2. The van der Waals surface area contributed by atoms with Crippen LogP contribution in [0.1, 0.15) is 46.5 Å². The molecule has 0 aliphatic rings. The van der Waals surface area contributed by atoms with Gasteiger partial charge < -0.3 is 4.74 Å². The van der Waals surface area contributed by atoms with Crippen molar-refractivity contribution in [1.82, 2.24) is 0 Å². The Kier molecular flexibility index (Phi) is 7.72. The molecule has 2 nitrogen and oxygen atoms in total. The van der Waals surface area contributed by atoms with Gasteiger partial charge in [-0.2, -0.15) is 0 Å². The molecule has 0 saturated heterocycles. The molecule has 96 valence electrons. The number of halogens is 2. The zero-order valence-electron chi connectivity index (χ0n) is 10.1. The summed E-state index contributed by atoms with van der Waals surface area (Å²) in [6.45, 7) is 5.04. The van der Waals surface area contributed by atoms with Crippen LogP contribution in [0, 0.1) is 0 Å². The number of hydrogen-bond donors (Lipinski definition) is 0. The zero-order valence-corrected chi connectivity index (χ0v) is 10.9. The first-order chi connectivity index (χ1) is 7.33. The maximum atomic E-state index is 11.8. The van der Waals surface area contributed by atoms with Gasteiger partial charge in [0.1, 0.15) is 0 Å². The molecule has 0 bridgehead atoms. The van der Waals surface area contributed by atoms with E-state index in [2.05, 4.69) is 0 Å². The SMILES string of the molecule is CC(=O)OC(C)(C)SCCCCCC(F)F. The molecule has 0 atom stereocenters. The average molecular weight is 254 g/mol. The van der Waals surface area contributed by atoms with Crippen LogP contribution in [-0.2, 0) is 9.53 Å². The number of unbranched alkanes of at least 4 members (excludes halogenated alkanes) is 2. The average Bonchev–Trinajstić information content (AvgIpc) is 2.08. The van der Waals surface area contributed by atoms with Gasteiger partial charge in [0, 0.05) is 13.3 Å². The van der Waals surface area contributed by atoms with Crippen molar-refractivity contribution in [3.05, 3.63) is 0 Å². The summed E-state index contributed by atoms with van der Waals surface area (Å²) < 4.78 is 28.7. The van der Waals surface area contributed by atoms with E-state index < -0.39 is 11.4 Å². The van der Waals surface area contributed by atoms with Crippen LogP contribution in [0.3, 0.4) is 0 Å². The molecule has 0 rings (SSSR count). The lowest BCUT2D eigenvalue weighted by Crippen LogP contribution is -2.23. The largest absolute Gasteiger partial charge is 0.449 e. The number of rotatable bonds is 8. The second kappa shape index (κ2) is 7.87. The van der Waals surface area contributed by atoms with Gasteiger partial charge in [0.15, 0.2) is 4.93 Å². The molecule has 0 amide bonds. The van der Waals surface area contributed by atoms with Gasteiger partial charge in [-0.15, -0.1) is 11.8 Å². The van der Waals surface area contributed by atoms with Crippen LogP contribution >= 0.6 is 11.8 Å². The lowest BCUT2D eigenvalue weighted by Gasteiger charge is -2.23. The van der Waals surface area contributed by atoms with E-state index >= 15 is 0 Å². The summed E-state index contributed by atoms with van der Waals surface area (Å²) in [7, 11) is 0. The summed E-state index contributed by atoms with van der Waals surface area (Å²) in [5, 5.41) is 0. The van der Waals surface area contributed by atoms with Crippen LogP contribution < -0.4 is 0 Å². The van der Waals surface area contributed by atoms with Gasteiger partial charge in [-0.25, -0.2) is 8.78 Å². The van der Waals surface area contributed by atoms with E-state index in [0.29, 0.717) is 6.42 Å². The second-order valence-electron chi connectivity index (χ2n) is 4.08. The first kappa shape index (κ1) is 15.7. The molecule has 0 aromatic carbocycles. The Bertz CT molecular complexity index is 208. The van der Waals surface area contributed by atoms with Gasteiger partial charge >= 0.3 is 5.97 Å². The smallest absolute Gasteiger partial charge is 0.304 e. The minimum atomic E-state index is -2.19. The van der Waals surface area contributed by atoms with E-state index in [0.717, 1.165) is 18.6 Å². The Hall–Kier alpha value is -0.320. The van der Waals surface area contributed by atoms with E-state index in [-0.39, 0.29) is 12.4 Å². The third kappa shape index (κ3) is 10.2. The molecule has 0 aromatic rings. The molecule has 0 N–H and O–H groups in total. The van der Waals surface area contributed by atoms with Crippen molar-refractivity contribution in [1.29, 1.82) is 0 Å². The summed E-state index contributed by atoms with van der Waals surface area (Å²) >= 11 is 1.54. The number of ether oxygens (including phenoxy) is 1. The maximum Gasteiger partial charge on any atom is 0.304 e. The molecule has 0 fully saturated rings. The van der Waals surface area contributed by atoms with Gasteiger partial charge in [0.25, 0.3) is 0 Å². The number of carbonyl (C=O) groups is 1. The summed E-state index contributed by atoms with van der Waals surface area (Å²) in [4.78, 5) is 10.2. The lowest BCUT2D eigenvalue weighted by molar-refractivity contribution is -0.146. The van der Waals surface area contributed by atoms with Gasteiger partial charge in [-0.3, -0.25) is 4.79 Å². The monoisotopic (exact) mass is 254 g/mol. The predicted molar refractivity (Wildman–Crippen MR) is 62.8 cm³/mol. The van der Waals surface area contributed by atoms with Crippen LogP contribution in [0.25, 0.3) is 0 Å². The maximum absolute atomic E-state index is 11.8. The first-order valence-corrected chi connectivity index (χ1v) is 6.44. The third-order valence-corrected chi connectivity index (χ3v) is 3.18. The van der Waals surface area contributed by atoms with E-state index in [1.807, 2.05) is 13.8 Å². The molecule has 0 unspecified atom stereocenters. The molecule has 5 heteroatoms. The Morgan fingerprint density at radius 3 is 2.44 bits per heavy atom. The third-order valence-electron chi connectivity index (χ3n) is 1.91. The summed E-state index contributed by atoms with van der Waals surface area (Å²) in [5.74, 6) is 0.527. The topological polar surface area (TPSA) is 26.3 Å². The fourth-order valence-corrected chi connectivity index (χ4v) is 2.29. The lowest BCUT2D eigenvalue weighted by atomic mass is 10.2. The summed E-state index contributed by atoms with van der Waals surface area (Å²) in [6.07, 6.45) is 0.0323. The number of thioether (sulfide) groups is 1. The van der Waals surface area contributed by atoms with Crippen molar-refractivity contribution < 1.29 is 18.3 Å². The van der Waals surface area contributed by atoms with Gasteiger partial charge in [0.05, 0.1) is 0 Å². The highest BCUT2D eigenvalue weighted by atomic mass is 32.2. The van der Waals surface area contributed by atoms with Crippen molar-refractivity contribution in [2.75, 3.05) is 5.75 Å². The van der Waals surface area contributed by atoms with Crippen LogP contribution in [-0.4, -0.2) is 23.1 Å². The van der Waals surface area contributed by atoms with Crippen molar-refractivity contribution in [3.8, 4) is 0 Å². The fraction of sp³-hybridized carbons (Fsp3) is 0.909. The van der Waals surface area contributed by atoms with Crippen molar-refractivity contribution in [3.63, 3.8) is 0 Å². The normalized spacial score (nSPS) is 11.9. The minimum absolute atomic E-state index is 0.0159. The van der Waals surface area contributed by atoms with Crippen LogP contribution in [0.2, 0.25) is 0 Å². The standard InChI is InChI=1S/C11H20F2O2S/c1-9(14)15-11(2,3)16-8-6-4-5-7-10(12)13/h10H,4-8H2,1-3H3. The number of hydrogen-bond acceptors (Lipinski definition) is 3. The van der Waals surface area contributed by atoms with Crippen molar-refractivity contribution in [2.24, 2.45) is 0 Å². The van der Waals surface area contributed by atoms with Crippen LogP contribution in [0.15, 0.2) is 0 Å². The van der Waals surface area contributed by atoms with E-state index in [4.69, 9.17) is 4.74 Å². The number of carbonyl (C=O) groups excluding carboxylic acids is 1. The molecule has 0 radical (unpaired) electrons. The fourth-order valence-electron chi connectivity index (χ4n) is 1.27. The Balaban J connectivity index is 3.46. The molecular formula is C11H20F2O2S. The van der Waals surface area contributed by atoms with Gasteiger partial charge in [-0.05, 0) is 32.4 Å². The second-order valence-corrected chi connectivity index (χ2v) is 5.76. The molecule has 0 aliphatic carbocycles. The van der Waals surface area contributed by atoms with Crippen LogP contribution in [0.5, 0.6) is 0 Å². The number of esters is 1. The van der Waals surface area contributed by atoms with Gasteiger partial charge in [0.2, 0.25) is 6.43 Å². The highest BCUT2D eigenvalue weighted by Crippen LogP contribution is 2.27. The molecule has 0 aliphatic heterocycles. The Morgan fingerprint density at radius 1 is 1.31 bits per heavy atom. The van der Waals surface area contributed by atoms with E-state index in [1.54, 1.807) is 0 Å². The van der Waals surface area contributed by atoms with E-state index in [9.17, 15) is 13.6 Å². The minimum Gasteiger partial charge on any atom is -0.449 e. The quantitative estimate of drug-likeness (QED) is 0.374. The highest BCUT2D eigenvalue weighted by Gasteiger charge is 2.20. The zero-order chi connectivity index (χ0) is 12.6. The first-order valence-electron chi connectivity index (χ1n) is 5.45. The molecular weight excluding hydrogens is 234 g/mol. The molecule has 0 spiro atoms. The molecule has 0 aromatic heterocycles. The molecule has 0 saturated carbocycles.